The first-order valence-electron chi connectivity index (χ1n) is 5.10. The van der Waals surface area contributed by atoms with Gasteiger partial charge in [0.2, 0.25) is 0 Å². The van der Waals surface area contributed by atoms with Crippen molar-refractivity contribution in [2.75, 3.05) is 6.61 Å². The van der Waals surface area contributed by atoms with Gasteiger partial charge in [-0.2, -0.15) is 5.48 Å². The number of carboxylic acids is 1. The van der Waals surface area contributed by atoms with Gasteiger partial charge in [-0.15, -0.1) is 0 Å². The first kappa shape index (κ1) is 14.7. The minimum Gasteiger partial charge on any atom is -0.481 e. The molecule has 0 fully saturated rings. The molecule has 0 spiro atoms. The Morgan fingerprint density at radius 1 is 1.38 bits per heavy atom. The van der Waals surface area contributed by atoms with Crippen LogP contribution in [-0.4, -0.2) is 29.4 Å². The van der Waals surface area contributed by atoms with E-state index in [1.807, 2.05) is 5.48 Å². The maximum absolute atomic E-state index is 11.1. The molecule has 0 saturated carbocycles. The van der Waals surface area contributed by atoms with Crippen molar-refractivity contribution in [1.29, 1.82) is 0 Å². The maximum Gasteiger partial charge on any atom is 0.431 e. The molecular weight excluding hydrogens is 214 g/mol. The first-order chi connectivity index (χ1) is 7.26. The highest BCUT2D eigenvalue weighted by Crippen LogP contribution is 2.07. The molecule has 0 bridgehead atoms. The Labute approximate surface area is 94.9 Å². The number of hydrogen-bond acceptors (Lipinski definition) is 4. The molecule has 1 unspecified atom stereocenters. The van der Waals surface area contributed by atoms with Gasteiger partial charge >= 0.3 is 12.1 Å². The van der Waals surface area contributed by atoms with E-state index < -0.39 is 23.6 Å². The number of hydroxylamine groups is 1. The molecule has 0 aliphatic heterocycles. The number of aliphatic carboxylic acids is 1. The van der Waals surface area contributed by atoms with Crippen molar-refractivity contribution in [2.45, 2.75) is 39.7 Å². The predicted molar refractivity (Wildman–Crippen MR) is 56.7 cm³/mol. The number of carbonyl (C=O) groups is 2. The molecule has 6 heteroatoms. The van der Waals surface area contributed by atoms with E-state index in [1.165, 1.54) is 0 Å². The van der Waals surface area contributed by atoms with Crippen molar-refractivity contribution in [3.8, 4) is 0 Å². The van der Waals surface area contributed by atoms with E-state index >= 15 is 0 Å². The molecule has 0 aromatic heterocycles. The summed E-state index contributed by atoms with van der Waals surface area (Å²) in [6, 6.07) is 0. The van der Waals surface area contributed by atoms with Gasteiger partial charge < -0.3 is 9.84 Å². The fourth-order valence-corrected chi connectivity index (χ4v) is 0.864. The van der Waals surface area contributed by atoms with Gasteiger partial charge in [0.1, 0.15) is 5.60 Å². The number of amides is 1. The summed E-state index contributed by atoms with van der Waals surface area (Å²) in [5.41, 5.74) is 1.43. The number of rotatable bonds is 5. The highest BCUT2D eigenvalue weighted by Gasteiger charge is 2.18. The molecule has 6 nitrogen and oxygen atoms in total. The minimum atomic E-state index is -0.950. The Kier molecular flexibility index (Phi) is 5.81. The number of nitrogens with one attached hydrogen (secondary N) is 1. The monoisotopic (exact) mass is 233 g/mol. The van der Waals surface area contributed by atoms with Crippen LogP contribution >= 0.6 is 0 Å². The lowest BCUT2D eigenvalue weighted by Gasteiger charge is -2.19. The molecule has 1 atom stereocenters. The van der Waals surface area contributed by atoms with Crippen molar-refractivity contribution >= 4 is 12.1 Å². The SMILES string of the molecule is CCC(CONC(=O)OC(C)(C)C)C(=O)O. The summed E-state index contributed by atoms with van der Waals surface area (Å²) in [5.74, 6) is -1.58. The predicted octanol–water partition coefficient (Wildman–Crippen LogP) is 1.55. The second kappa shape index (κ2) is 6.32. The fraction of sp³-hybridized carbons (Fsp3) is 0.800. The van der Waals surface area contributed by atoms with Gasteiger partial charge in [-0.3, -0.25) is 9.63 Å². The van der Waals surface area contributed by atoms with Crippen LogP contribution in [0.3, 0.4) is 0 Å². The molecule has 2 N–H and O–H groups in total. The first-order valence-corrected chi connectivity index (χ1v) is 5.10. The molecule has 94 valence electrons. The van der Waals surface area contributed by atoms with Crippen molar-refractivity contribution in [2.24, 2.45) is 5.92 Å². The van der Waals surface area contributed by atoms with Gasteiger partial charge in [0.25, 0.3) is 0 Å². The van der Waals surface area contributed by atoms with E-state index in [1.54, 1.807) is 27.7 Å². The summed E-state index contributed by atoms with van der Waals surface area (Å²) < 4.78 is 4.89. The molecule has 0 rings (SSSR count). The Morgan fingerprint density at radius 2 is 1.94 bits per heavy atom. The minimum absolute atomic E-state index is 0.0783. The van der Waals surface area contributed by atoms with Crippen LogP contribution in [0.1, 0.15) is 34.1 Å². The standard InChI is InChI=1S/C10H19NO5/c1-5-7(8(12)13)6-15-11-9(14)16-10(2,3)4/h7H,5-6H2,1-4H3,(H,11,14)(H,12,13). The van der Waals surface area contributed by atoms with E-state index in [0.29, 0.717) is 6.42 Å². The van der Waals surface area contributed by atoms with Crippen molar-refractivity contribution in [3.05, 3.63) is 0 Å². The van der Waals surface area contributed by atoms with Gasteiger partial charge in [0, 0.05) is 0 Å². The van der Waals surface area contributed by atoms with Crippen LogP contribution in [0.4, 0.5) is 4.79 Å². The molecule has 1 amide bonds. The lowest BCUT2D eigenvalue weighted by Crippen LogP contribution is -2.34. The van der Waals surface area contributed by atoms with Crippen LogP contribution < -0.4 is 5.48 Å². The molecule has 0 aromatic rings. The maximum atomic E-state index is 11.1. The van der Waals surface area contributed by atoms with Gasteiger partial charge in [-0.05, 0) is 27.2 Å². The zero-order valence-electron chi connectivity index (χ0n) is 10.1. The zero-order chi connectivity index (χ0) is 12.8. The van der Waals surface area contributed by atoms with Gasteiger partial charge in [-0.1, -0.05) is 6.92 Å². The third kappa shape index (κ3) is 7.05. The van der Waals surface area contributed by atoms with Crippen molar-refractivity contribution in [1.82, 2.24) is 5.48 Å². The summed E-state index contributed by atoms with van der Waals surface area (Å²) in [4.78, 5) is 26.5. The van der Waals surface area contributed by atoms with Crippen molar-refractivity contribution < 1.29 is 24.3 Å². The lowest BCUT2D eigenvalue weighted by atomic mass is 10.1. The van der Waals surface area contributed by atoms with E-state index in [0.717, 1.165) is 0 Å². The second-order valence-corrected chi connectivity index (χ2v) is 4.36. The van der Waals surface area contributed by atoms with Crippen molar-refractivity contribution in [3.63, 3.8) is 0 Å². The van der Waals surface area contributed by atoms with E-state index in [-0.39, 0.29) is 6.61 Å². The summed E-state index contributed by atoms with van der Waals surface area (Å²) in [5, 5.41) is 8.70. The van der Waals surface area contributed by atoms with Gasteiger partial charge in [0.15, 0.2) is 0 Å². The molecule has 16 heavy (non-hydrogen) atoms. The smallest absolute Gasteiger partial charge is 0.431 e. The van der Waals surface area contributed by atoms with Gasteiger partial charge in [-0.25, -0.2) is 4.79 Å². The average molecular weight is 233 g/mol. The molecule has 0 radical (unpaired) electrons. The molecule has 0 saturated heterocycles. The fourth-order valence-electron chi connectivity index (χ4n) is 0.864. The molecule has 0 aromatic carbocycles. The largest absolute Gasteiger partial charge is 0.481 e. The topological polar surface area (TPSA) is 84.9 Å². The average Bonchev–Trinajstić information content (AvgIpc) is 2.08. The van der Waals surface area contributed by atoms with Crippen LogP contribution in [0.2, 0.25) is 0 Å². The summed E-state index contributed by atoms with van der Waals surface area (Å²) >= 11 is 0. The Morgan fingerprint density at radius 3 is 2.31 bits per heavy atom. The van der Waals surface area contributed by atoms with E-state index in [4.69, 9.17) is 14.7 Å². The number of carbonyl (C=O) groups excluding carboxylic acids is 1. The quantitative estimate of drug-likeness (QED) is 0.704. The third-order valence-corrected chi connectivity index (χ3v) is 1.68. The second-order valence-electron chi connectivity index (χ2n) is 4.36. The number of carboxylic acid groups (broad SMARTS) is 1. The summed E-state index contributed by atoms with van der Waals surface area (Å²) in [7, 11) is 0. The van der Waals surface area contributed by atoms with Crippen LogP contribution in [0.25, 0.3) is 0 Å². The highest BCUT2D eigenvalue weighted by molar-refractivity contribution is 5.70. The van der Waals surface area contributed by atoms with Crippen LogP contribution in [0.15, 0.2) is 0 Å². The third-order valence-electron chi connectivity index (χ3n) is 1.68. The normalized spacial score (nSPS) is 13.0. The Hall–Kier alpha value is -1.30. The number of ether oxygens (including phenoxy) is 1. The Bertz CT molecular complexity index is 246. The molecule has 0 aliphatic rings. The lowest BCUT2D eigenvalue weighted by molar-refractivity contribution is -0.145. The molecule has 0 aliphatic carbocycles. The summed E-state index contributed by atoms with van der Waals surface area (Å²) in [6.45, 7) is 6.82. The van der Waals surface area contributed by atoms with Gasteiger partial charge in [0.05, 0.1) is 12.5 Å². The summed E-state index contributed by atoms with van der Waals surface area (Å²) in [6.07, 6.45) is -0.293. The van der Waals surface area contributed by atoms with Crippen LogP contribution in [0.5, 0.6) is 0 Å². The Balaban J connectivity index is 3.81. The molecule has 0 heterocycles. The van der Waals surface area contributed by atoms with E-state index in [9.17, 15) is 9.59 Å². The van der Waals surface area contributed by atoms with Crippen LogP contribution in [0, 0.1) is 5.92 Å². The zero-order valence-corrected chi connectivity index (χ0v) is 10.1. The number of hydrogen-bond donors (Lipinski definition) is 2. The highest BCUT2D eigenvalue weighted by atomic mass is 16.7. The van der Waals surface area contributed by atoms with E-state index in [2.05, 4.69) is 0 Å². The molecular formula is C10H19NO5. The van der Waals surface area contributed by atoms with Crippen LogP contribution in [-0.2, 0) is 14.4 Å².